The molecule has 0 heterocycles. The van der Waals surface area contributed by atoms with Crippen LogP contribution in [0.3, 0.4) is 0 Å². The van der Waals surface area contributed by atoms with Gasteiger partial charge in [0.25, 0.3) is 0 Å². The lowest BCUT2D eigenvalue weighted by atomic mass is 10.0. The van der Waals surface area contributed by atoms with Crippen molar-refractivity contribution in [3.8, 4) is 5.75 Å². The standard InChI is InChI=1S/C14H23NOSi/c1-6-7-14(15-17(3,4)5)12-8-10-13(16-2)11-9-12/h6,8-11,14-15H,1,7H2,2-5H3. The second-order valence-electron chi connectivity index (χ2n) is 5.24. The van der Waals surface area contributed by atoms with Crippen LogP contribution in [0, 0.1) is 0 Å². The van der Waals surface area contributed by atoms with Gasteiger partial charge in [-0.05, 0) is 24.1 Å². The highest BCUT2D eigenvalue weighted by Gasteiger charge is 2.19. The lowest BCUT2D eigenvalue weighted by Crippen LogP contribution is -2.43. The van der Waals surface area contributed by atoms with E-state index in [4.69, 9.17) is 4.74 Å². The average Bonchev–Trinajstić information content (AvgIpc) is 2.27. The van der Waals surface area contributed by atoms with Crippen LogP contribution in [0.25, 0.3) is 0 Å². The average molecular weight is 249 g/mol. The van der Waals surface area contributed by atoms with Crippen LogP contribution in [-0.2, 0) is 0 Å². The van der Waals surface area contributed by atoms with Gasteiger partial charge in [0.05, 0.1) is 7.11 Å². The first-order valence-corrected chi connectivity index (χ1v) is 9.49. The van der Waals surface area contributed by atoms with E-state index in [0.717, 1.165) is 12.2 Å². The maximum absolute atomic E-state index is 5.18. The molecule has 1 rings (SSSR count). The Balaban J connectivity index is 2.85. The normalized spacial score (nSPS) is 13.2. The van der Waals surface area contributed by atoms with E-state index in [-0.39, 0.29) is 0 Å². The fourth-order valence-corrected chi connectivity index (χ4v) is 3.13. The maximum atomic E-state index is 5.18. The minimum Gasteiger partial charge on any atom is -0.497 e. The van der Waals surface area contributed by atoms with Gasteiger partial charge in [-0.3, -0.25) is 0 Å². The van der Waals surface area contributed by atoms with Gasteiger partial charge in [-0.2, -0.15) is 0 Å². The van der Waals surface area contributed by atoms with E-state index in [1.807, 2.05) is 18.2 Å². The summed E-state index contributed by atoms with van der Waals surface area (Å²) in [4.78, 5) is 3.74. The second kappa shape index (κ2) is 6.03. The Morgan fingerprint density at radius 2 is 1.88 bits per heavy atom. The Bertz CT molecular complexity index is 353. The van der Waals surface area contributed by atoms with Crippen molar-refractivity contribution in [3.05, 3.63) is 42.5 Å². The molecule has 0 fully saturated rings. The number of hydrogen-bond acceptors (Lipinski definition) is 2. The monoisotopic (exact) mass is 249 g/mol. The third-order valence-electron chi connectivity index (χ3n) is 2.53. The van der Waals surface area contributed by atoms with Gasteiger partial charge in [-0.15, -0.1) is 6.58 Å². The first kappa shape index (κ1) is 14.0. The molecule has 1 N–H and O–H groups in total. The molecule has 0 saturated heterocycles. The highest BCUT2D eigenvalue weighted by atomic mass is 28.3. The summed E-state index contributed by atoms with van der Waals surface area (Å²) in [5, 5.41) is 0. The summed E-state index contributed by atoms with van der Waals surface area (Å²) >= 11 is 0. The summed E-state index contributed by atoms with van der Waals surface area (Å²) in [6, 6.07) is 8.64. The van der Waals surface area contributed by atoms with Crippen molar-refractivity contribution in [1.82, 2.24) is 4.98 Å². The quantitative estimate of drug-likeness (QED) is 0.612. The van der Waals surface area contributed by atoms with E-state index in [0.29, 0.717) is 6.04 Å². The van der Waals surface area contributed by atoms with Gasteiger partial charge in [-0.1, -0.05) is 37.8 Å². The number of nitrogens with one attached hydrogen (secondary N) is 1. The van der Waals surface area contributed by atoms with Crippen LogP contribution in [-0.4, -0.2) is 15.3 Å². The molecule has 17 heavy (non-hydrogen) atoms. The van der Waals surface area contributed by atoms with Crippen LogP contribution < -0.4 is 9.72 Å². The fraction of sp³-hybridized carbons (Fsp3) is 0.429. The zero-order valence-corrected chi connectivity index (χ0v) is 12.3. The predicted octanol–water partition coefficient (Wildman–Crippen LogP) is 3.74. The van der Waals surface area contributed by atoms with Gasteiger partial charge in [0.15, 0.2) is 0 Å². The van der Waals surface area contributed by atoms with Crippen molar-refractivity contribution in [3.63, 3.8) is 0 Å². The van der Waals surface area contributed by atoms with E-state index < -0.39 is 8.24 Å². The molecule has 2 nitrogen and oxygen atoms in total. The molecule has 1 aromatic carbocycles. The lowest BCUT2D eigenvalue weighted by Gasteiger charge is -2.27. The van der Waals surface area contributed by atoms with E-state index >= 15 is 0 Å². The molecule has 94 valence electrons. The van der Waals surface area contributed by atoms with Crippen LogP contribution in [0.1, 0.15) is 18.0 Å². The van der Waals surface area contributed by atoms with Crippen LogP contribution >= 0.6 is 0 Å². The molecule has 0 radical (unpaired) electrons. The van der Waals surface area contributed by atoms with Crippen molar-refractivity contribution < 1.29 is 4.74 Å². The van der Waals surface area contributed by atoms with Gasteiger partial charge < -0.3 is 9.72 Å². The van der Waals surface area contributed by atoms with E-state index in [2.05, 4.69) is 43.3 Å². The SMILES string of the molecule is C=CCC(N[Si](C)(C)C)c1ccc(OC)cc1. The zero-order chi connectivity index (χ0) is 12.9. The van der Waals surface area contributed by atoms with Gasteiger partial charge in [-0.25, -0.2) is 0 Å². The molecule has 0 saturated carbocycles. The third-order valence-corrected chi connectivity index (χ3v) is 3.74. The number of benzene rings is 1. The summed E-state index contributed by atoms with van der Waals surface area (Å²) in [6.45, 7) is 10.8. The maximum Gasteiger partial charge on any atom is 0.118 e. The Labute approximate surface area is 106 Å². The molecule has 0 aliphatic heterocycles. The Morgan fingerprint density at radius 1 is 1.29 bits per heavy atom. The molecule has 0 bridgehead atoms. The highest BCUT2D eigenvalue weighted by Crippen LogP contribution is 2.22. The van der Waals surface area contributed by atoms with Gasteiger partial charge >= 0.3 is 0 Å². The van der Waals surface area contributed by atoms with Gasteiger partial charge in [0.1, 0.15) is 14.0 Å². The first-order valence-electron chi connectivity index (χ1n) is 5.99. The van der Waals surface area contributed by atoms with Crippen LogP contribution in [0.15, 0.2) is 36.9 Å². The molecular weight excluding hydrogens is 226 g/mol. The van der Waals surface area contributed by atoms with E-state index in [1.54, 1.807) is 7.11 Å². The summed E-state index contributed by atoms with van der Waals surface area (Å²) in [7, 11) is 0.400. The molecule has 3 heteroatoms. The van der Waals surface area contributed by atoms with Crippen LogP contribution in [0.4, 0.5) is 0 Å². The van der Waals surface area contributed by atoms with E-state index in [1.165, 1.54) is 5.56 Å². The molecule has 1 atom stereocenters. The molecule has 0 aliphatic rings. The molecule has 0 amide bonds. The third kappa shape index (κ3) is 4.75. The Hall–Kier alpha value is -1.06. The molecule has 1 aromatic rings. The minimum atomic E-state index is -1.29. The number of rotatable bonds is 6. The summed E-state index contributed by atoms with van der Waals surface area (Å²) < 4.78 is 5.18. The molecular formula is C14H23NOSi. The first-order chi connectivity index (χ1) is 7.96. The molecule has 1 unspecified atom stereocenters. The van der Waals surface area contributed by atoms with Crippen LogP contribution in [0.2, 0.25) is 19.6 Å². The van der Waals surface area contributed by atoms with Crippen molar-refractivity contribution in [2.45, 2.75) is 32.1 Å². The highest BCUT2D eigenvalue weighted by molar-refractivity contribution is 6.73. The van der Waals surface area contributed by atoms with Crippen LogP contribution in [0.5, 0.6) is 5.75 Å². The Morgan fingerprint density at radius 3 is 2.29 bits per heavy atom. The summed E-state index contributed by atoms with van der Waals surface area (Å²) in [6.07, 6.45) is 2.93. The predicted molar refractivity (Wildman–Crippen MR) is 77.0 cm³/mol. The molecule has 0 aliphatic carbocycles. The van der Waals surface area contributed by atoms with Crippen molar-refractivity contribution in [2.24, 2.45) is 0 Å². The van der Waals surface area contributed by atoms with E-state index in [9.17, 15) is 0 Å². The zero-order valence-electron chi connectivity index (χ0n) is 11.3. The second-order valence-corrected chi connectivity index (χ2v) is 10.0. The minimum absolute atomic E-state index is 0.366. The van der Waals surface area contributed by atoms with Gasteiger partial charge in [0.2, 0.25) is 0 Å². The van der Waals surface area contributed by atoms with Gasteiger partial charge in [0, 0.05) is 6.04 Å². The number of methoxy groups -OCH3 is 1. The molecule has 0 spiro atoms. The summed E-state index contributed by atoms with van der Waals surface area (Å²) in [5.74, 6) is 0.902. The number of ether oxygens (including phenoxy) is 1. The van der Waals surface area contributed by atoms with Crippen molar-refractivity contribution >= 4 is 8.24 Å². The largest absolute Gasteiger partial charge is 0.497 e. The fourth-order valence-electron chi connectivity index (χ4n) is 1.80. The number of hydrogen-bond donors (Lipinski definition) is 1. The topological polar surface area (TPSA) is 21.3 Å². The lowest BCUT2D eigenvalue weighted by molar-refractivity contribution is 0.414. The summed E-state index contributed by atoms with van der Waals surface area (Å²) in [5.41, 5.74) is 1.30. The smallest absolute Gasteiger partial charge is 0.118 e. The van der Waals surface area contributed by atoms with Crippen molar-refractivity contribution in [1.29, 1.82) is 0 Å². The Kier molecular flexibility index (Phi) is 4.96. The molecule has 0 aromatic heterocycles. The van der Waals surface area contributed by atoms with Crippen molar-refractivity contribution in [2.75, 3.05) is 7.11 Å².